The van der Waals surface area contributed by atoms with Crippen molar-refractivity contribution in [3.63, 3.8) is 0 Å². The number of aromatic nitrogens is 3. The summed E-state index contributed by atoms with van der Waals surface area (Å²) in [5, 5.41) is 5.42. The number of rotatable bonds is 0. The number of pyridine rings is 2. The van der Waals surface area contributed by atoms with Crippen molar-refractivity contribution in [2.75, 3.05) is 0 Å². The van der Waals surface area contributed by atoms with Crippen molar-refractivity contribution in [3.05, 3.63) is 138 Å². The summed E-state index contributed by atoms with van der Waals surface area (Å²) in [5.41, 5.74) is 15.2. The van der Waals surface area contributed by atoms with Crippen LogP contribution in [0.15, 0.2) is 116 Å². The van der Waals surface area contributed by atoms with Crippen molar-refractivity contribution >= 4 is 38.1 Å². The first-order valence-corrected chi connectivity index (χ1v) is 17.7. The van der Waals surface area contributed by atoms with E-state index in [0.717, 1.165) is 25.8 Å². The van der Waals surface area contributed by atoms with E-state index < -0.39 is 0 Å². The molecule has 234 valence electrons. The molecule has 0 fully saturated rings. The standard InChI is InChI=1S/C45H41N3/c1-28-15-19-40-32-11-6-5-10-31(32)33-18-16-29-24-43-38(26-36(29)39-14-7-8-22-46(39)23-21-41(33)47(40)27-28)35-13-9-12-34-37-25-30(45(2,3)4)17-20-42(37)48(43)44(34)35/h5-15,17,19-20,22,24-27,33,41H,16,18,21,23H2,1-4H3/q+2. The number of para-hydroxylation sites is 1. The van der Waals surface area contributed by atoms with Crippen LogP contribution in [0, 0.1) is 6.92 Å². The highest BCUT2D eigenvalue weighted by molar-refractivity contribution is 6.23. The summed E-state index contributed by atoms with van der Waals surface area (Å²) in [4.78, 5) is 0. The van der Waals surface area contributed by atoms with Crippen LogP contribution >= 0.6 is 0 Å². The summed E-state index contributed by atoms with van der Waals surface area (Å²) in [6.07, 6.45) is 7.93. The number of hydrogen-bond acceptors (Lipinski definition) is 0. The third-order valence-corrected chi connectivity index (χ3v) is 11.6. The van der Waals surface area contributed by atoms with Gasteiger partial charge in [-0.1, -0.05) is 63.2 Å². The predicted octanol–water partition coefficient (Wildman–Crippen LogP) is 10.0. The number of benzene rings is 4. The van der Waals surface area contributed by atoms with Crippen LogP contribution in [-0.4, -0.2) is 4.40 Å². The molecule has 2 unspecified atom stereocenters. The van der Waals surface area contributed by atoms with E-state index in [1.54, 1.807) is 0 Å². The minimum absolute atomic E-state index is 0.105. The normalized spacial score (nSPS) is 17.7. The smallest absolute Gasteiger partial charge is 0.213 e. The lowest BCUT2D eigenvalue weighted by molar-refractivity contribution is -0.738. The monoisotopic (exact) mass is 623 g/mol. The van der Waals surface area contributed by atoms with Gasteiger partial charge in [0.05, 0.1) is 28.5 Å². The second-order valence-corrected chi connectivity index (χ2v) is 15.4. The van der Waals surface area contributed by atoms with Crippen molar-refractivity contribution in [2.24, 2.45) is 0 Å². The molecular formula is C45H41N3+2. The van der Waals surface area contributed by atoms with E-state index in [2.05, 4.69) is 157 Å². The van der Waals surface area contributed by atoms with Gasteiger partial charge in [0, 0.05) is 56.8 Å². The topological polar surface area (TPSA) is 12.2 Å². The fourth-order valence-electron chi connectivity index (χ4n) is 9.25. The molecule has 2 aliphatic rings. The van der Waals surface area contributed by atoms with Crippen LogP contribution in [0.1, 0.15) is 67.8 Å². The average Bonchev–Trinajstić information content (AvgIpc) is 3.60. The van der Waals surface area contributed by atoms with Crippen molar-refractivity contribution in [1.82, 2.24) is 4.40 Å². The van der Waals surface area contributed by atoms with Crippen molar-refractivity contribution in [1.29, 1.82) is 0 Å². The van der Waals surface area contributed by atoms with E-state index in [1.807, 2.05) is 0 Å². The first-order chi connectivity index (χ1) is 23.3. The Morgan fingerprint density at radius 1 is 0.688 bits per heavy atom. The van der Waals surface area contributed by atoms with Gasteiger partial charge >= 0.3 is 0 Å². The van der Waals surface area contributed by atoms with E-state index in [9.17, 15) is 0 Å². The van der Waals surface area contributed by atoms with E-state index in [0.29, 0.717) is 12.0 Å². The van der Waals surface area contributed by atoms with Gasteiger partial charge in [0.15, 0.2) is 25.0 Å². The largest absolute Gasteiger partial charge is 0.308 e. The van der Waals surface area contributed by atoms with Crippen LogP contribution in [0.5, 0.6) is 0 Å². The van der Waals surface area contributed by atoms with Gasteiger partial charge in [0.1, 0.15) is 0 Å². The highest BCUT2D eigenvalue weighted by atomic mass is 15.0. The third-order valence-electron chi connectivity index (χ3n) is 11.6. The summed E-state index contributed by atoms with van der Waals surface area (Å²) in [6.45, 7) is 10.1. The van der Waals surface area contributed by atoms with E-state index in [4.69, 9.17) is 0 Å². The molecule has 0 aliphatic carbocycles. The van der Waals surface area contributed by atoms with Gasteiger partial charge in [-0.2, -0.15) is 9.13 Å². The molecule has 0 amide bonds. The Morgan fingerprint density at radius 2 is 1.50 bits per heavy atom. The number of hydrogen-bond donors (Lipinski definition) is 0. The SMILES string of the molecule is Cc1ccc2[n+](c1)C1CC[n+]3ccccc3-c3cc4c5cccc6c7cc(C(C)(C)C)ccc7n(c4cc3CCC1c1ccccc1-2)c65. The molecule has 2 atom stereocenters. The van der Waals surface area contributed by atoms with Crippen molar-refractivity contribution < 1.29 is 9.13 Å². The molecule has 3 heteroatoms. The van der Waals surface area contributed by atoms with Crippen LogP contribution < -0.4 is 9.13 Å². The zero-order valence-corrected chi connectivity index (χ0v) is 28.3. The Bertz CT molecular complexity index is 2580. The summed E-state index contributed by atoms with van der Waals surface area (Å²) in [7, 11) is 0. The number of aryl methyl sites for hydroxylation is 3. The zero-order valence-electron chi connectivity index (χ0n) is 28.3. The van der Waals surface area contributed by atoms with Gasteiger partial charge < -0.3 is 4.40 Å². The second-order valence-electron chi connectivity index (χ2n) is 15.4. The van der Waals surface area contributed by atoms with E-state index in [-0.39, 0.29) is 5.41 Å². The van der Waals surface area contributed by atoms with E-state index in [1.165, 1.54) is 82.9 Å². The molecule has 6 heterocycles. The fraction of sp³-hybridized carbons (Fsp3) is 0.244. The molecule has 48 heavy (non-hydrogen) atoms. The number of nitrogens with zero attached hydrogens (tertiary/aromatic N) is 3. The third kappa shape index (κ3) is 3.94. The molecule has 8 aromatic rings. The number of fused-ring (bicyclic) bond motifs is 15. The Hall–Kier alpha value is -5.02. The molecule has 0 N–H and O–H groups in total. The van der Waals surface area contributed by atoms with Crippen molar-refractivity contribution in [3.8, 4) is 22.5 Å². The molecule has 0 saturated carbocycles. The first kappa shape index (κ1) is 28.0. The van der Waals surface area contributed by atoms with Gasteiger partial charge in [0.2, 0.25) is 11.4 Å². The van der Waals surface area contributed by atoms with Gasteiger partial charge in [-0.25, -0.2) is 0 Å². The highest BCUT2D eigenvalue weighted by Crippen LogP contribution is 2.45. The molecule has 10 rings (SSSR count). The van der Waals surface area contributed by atoms with Gasteiger partial charge in [0.25, 0.3) is 0 Å². The summed E-state index contributed by atoms with van der Waals surface area (Å²) in [6, 6.07) is 40.1. The van der Waals surface area contributed by atoms with Gasteiger partial charge in [-0.3, -0.25) is 0 Å². The second kappa shape index (κ2) is 10.00. The Kier molecular flexibility index (Phi) is 5.84. The van der Waals surface area contributed by atoms with Crippen LogP contribution in [0.4, 0.5) is 0 Å². The average molecular weight is 624 g/mol. The predicted molar refractivity (Wildman–Crippen MR) is 197 cm³/mol. The van der Waals surface area contributed by atoms with Gasteiger partial charge in [-0.05, 0) is 84.3 Å². The molecule has 0 radical (unpaired) electrons. The van der Waals surface area contributed by atoms with E-state index >= 15 is 0 Å². The minimum atomic E-state index is 0.105. The lowest BCUT2D eigenvalue weighted by atomic mass is 9.77. The first-order valence-electron chi connectivity index (χ1n) is 17.7. The zero-order chi connectivity index (χ0) is 32.3. The summed E-state index contributed by atoms with van der Waals surface area (Å²) in [5.74, 6) is 0.444. The van der Waals surface area contributed by atoms with Crippen molar-refractivity contribution in [2.45, 2.75) is 70.9 Å². The summed E-state index contributed by atoms with van der Waals surface area (Å²) >= 11 is 0. The molecular weight excluding hydrogens is 583 g/mol. The van der Waals surface area contributed by atoms with Crippen LogP contribution in [-0.2, 0) is 18.4 Å². The molecule has 0 saturated heterocycles. The lowest BCUT2D eigenvalue weighted by Crippen LogP contribution is -2.50. The molecule has 4 aromatic carbocycles. The molecule has 2 aliphatic heterocycles. The molecule has 0 spiro atoms. The molecule has 0 bridgehead atoms. The van der Waals surface area contributed by atoms with Crippen LogP contribution in [0.3, 0.4) is 0 Å². The Balaban J connectivity index is 1.22. The Labute approximate surface area is 282 Å². The Morgan fingerprint density at radius 3 is 2.35 bits per heavy atom. The van der Waals surface area contributed by atoms with Crippen LogP contribution in [0.25, 0.3) is 60.6 Å². The quantitative estimate of drug-likeness (QED) is 0.149. The van der Waals surface area contributed by atoms with Crippen LogP contribution in [0.2, 0.25) is 0 Å². The lowest BCUT2D eigenvalue weighted by Gasteiger charge is -2.31. The maximum Gasteiger partial charge on any atom is 0.213 e. The summed E-state index contributed by atoms with van der Waals surface area (Å²) < 4.78 is 7.69. The molecule has 3 nitrogen and oxygen atoms in total. The highest BCUT2D eigenvalue weighted by Gasteiger charge is 2.41. The maximum atomic E-state index is 2.61. The molecule has 4 aromatic heterocycles. The fourth-order valence-corrected chi connectivity index (χ4v) is 9.25. The minimum Gasteiger partial charge on any atom is -0.308 e. The maximum absolute atomic E-state index is 2.61. The van der Waals surface area contributed by atoms with Gasteiger partial charge in [-0.15, -0.1) is 0 Å².